The Morgan fingerprint density at radius 1 is 0.952 bits per heavy atom. The summed E-state index contributed by atoms with van der Waals surface area (Å²) < 4.78 is 10.9. The van der Waals surface area contributed by atoms with Gasteiger partial charge < -0.3 is 9.47 Å². The summed E-state index contributed by atoms with van der Waals surface area (Å²) in [5.41, 5.74) is 2.79. The number of aryl methyl sites for hydroxylation is 2. The number of benzene rings is 2. The van der Waals surface area contributed by atoms with Crippen molar-refractivity contribution in [3.63, 3.8) is 0 Å². The van der Waals surface area contributed by atoms with Crippen LogP contribution in [0.25, 0.3) is 0 Å². The van der Waals surface area contributed by atoms with Crippen molar-refractivity contribution in [2.75, 3.05) is 6.61 Å². The molecule has 2 aromatic carbocycles. The van der Waals surface area contributed by atoms with Crippen LogP contribution in [-0.4, -0.2) is 12.6 Å². The first-order chi connectivity index (χ1) is 10.1. The topological polar surface area (TPSA) is 35.5 Å². The lowest BCUT2D eigenvalue weighted by molar-refractivity contribution is 0.0734. The number of hydrogen-bond acceptors (Lipinski definition) is 3. The van der Waals surface area contributed by atoms with Crippen molar-refractivity contribution in [2.24, 2.45) is 0 Å². The van der Waals surface area contributed by atoms with E-state index in [0.717, 1.165) is 17.7 Å². The van der Waals surface area contributed by atoms with Crippen molar-refractivity contribution in [3.8, 4) is 11.5 Å². The molecule has 0 N–H and O–H groups in total. The van der Waals surface area contributed by atoms with Crippen LogP contribution in [0.2, 0.25) is 0 Å². The van der Waals surface area contributed by atoms with E-state index in [1.165, 1.54) is 5.56 Å². The Kier molecular flexibility index (Phi) is 4.99. The molecule has 0 bridgehead atoms. The van der Waals surface area contributed by atoms with Crippen LogP contribution in [0, 0.1) is 13.8 Å². The Morgan fingerprint density at radius 3 is 2.24 bits per heavy atom. The fraction of sp³-hybridized carbons (Fsp3) is 0.278. The average Bonchev–Trinajstić information content (AvgIpc) is 2.49. The molecular formula is C18H20O3. The van der Waals surface area contributed by atoms with Crippen molar-refractivity contribution in [3.05, 3.63) is 59.2 Å². The molecule has 0 aliphatic rings. The monoisotopic (exact) mass is 284 g/mol. The molecule has 0 spiro atoms. The van der Waals surface area contributed by atoms with Gasteiger partial charge in [0.25, 0.3) is 0 Å². The SMILES string of the molecule is CCCOc1ccc(C(=O)Oc2ccc(C)c(C)c2)cc1. The van der Waals surface area contributed by atoms with Gasteiger partial charge in [-0.05, 0) is 67.8 Å². The molecule has 0 fully saturated rings. The fourth-order valence-electron chi connectivity index (χ4n) is 1.85. The Labute approximate surface area is 125 Å². The lowest BCUT2D eigenvalue weighted by Crippen LogP contribution is -2.08. The molecule has 0 unspecified atom stereocenters. The van der Waals surface area contributed by atoms with Gasteiger partial charge in [0.1, 0.15) is 11.5 Å². The Balaban J connectivity index is 2.04. The standard InChI is InChI=1S/C18H20O3/c1-4-11-20-16-9-6-15(7-10-16)18(19)21-17-8-5-13(2)14(3)12-17/h5-10,12H,4,11H2,1-3H3. The summed E-state index contributed by atoms with van der Waals surface area (Å²) in [5, 5.41) is 0. The summed E-state index contributed by atoms with van der Waals surface area (Å²) in [4.78, 5) is 12.1. The minimum absolute atomic E-state index is 0.361. The molecule has 21 heavy (non-hydrogen) atoms. The highest BCUT2D eigenvalue weighted by atomic mass is 16.5. The van der Waals surface area contributed by atoms with E-state index in [1.807, 2.05) is 26.0 Å². The van der Waals surface area contributed by atoms with Gasteiger partial charge in [0.15, 0.2) is 0 Å². The minimum atomic E-state index is -0.361. The van der Waals surface area contributed by atoms with E-state index in [4.69, 9.17) is 9.47 Å². The molecule has 0 amide bonds. The lowest BCUT2D eigenvalue weighted by atomic mass is 10.1. The van der Waals surface area contributed by atoms with Crippen molar-refractivity contribution in [2.45, 2.75) is 27.2 Å². The second kappa shape index (κ2) is 6.93. The molecule has 0 radical (unpaired) electrons. The van der Waals surface area contributed by atoms with Crippen molar-refractivity contribution >= 4 is 5.97 Å². The highest BCUT2D eigenvalue weighted by molar-refractivity contribution is 5.91. The van der Waals surface area contributed by atoms with Crippen LogP contribution in [-0.2, 0) is 0 Å². The molecule has 0 aliphatic carbocycles. The molecule has 0 saturated carbocycles. The molecule has 0 heterocycles. The molecule has 2 aromatic rings. The van der Waals surface area contributed by atoms with Crippen molar-refractivity contribution in [1.29, 1.82) is 0 Å². The summed E-state index contributed by atoms with van der Waals surface area (Å²) in [6.45, 7) is 6.74. The first-order valence-corrected chi connectivity index (χ1v) is 7.12. The Bertz CT molecular complexity index is 615. The molecule has 0 aliphatic heterocycles. The van der Waals surface area contributed by atoms with Gasteiger partial charge >= 0.3 is 5.97 Å². The lowest BCUT2D eigenvalue weighted by Gasteiger charge is -2.08. The maximum Gasteiger partial charge on any atom is 0.343 e. The molecule has 0 aromatic heterocycles. The van der Waals surface area contributed by atoms with Gasteiger partial charge in [-0.3, -0.25) is 0 Å². The zero-order valence-corrected chi connectivity index (χ0v) is 12.7. The van der Waals surface area contributed by atoms with E-state index in [1.54, 1.807) is 30.3 Å². The summed E-state index contributed by atoms with van der Waals surface area (Å²) in [6, 6.07) is 12.6. The van der Waals surface area contributed by atoms with E-state index in [9.17, 15) is 4.79 Å². The molecule has 110 valence electrons. The van der Waals surface area contributed by atoms with Gasteiger partial charge in [-0.15, -0.1) is 0 Å². The quantitative estimate of drug-likeness (QED) is 0.606. The van der Waals surface area contributed by atoms with Crippen LogP contribution in [0.5, 0.6) is 11.5 Å². The summed E-state index contributed by atoms with van der Waals surface area (Å²) >= 11 is 0. The largest absolute Gasteiger partial charge is 0.494 e. The fourth-order valence-corrected chi connectivity index (χ4v) is 1.85. The molecule has 0 atom stereocenters. The summed E-state index contributed by atoms with van der Waals surface area (Å²) in [5.74, 6) is 0.967. The Hall–Kier alpha value is -2.29. The van der Waals surface area contributed by atoms with Crippen LogP contribution in [0.4, 0.5) is 0 Å². The average molecular weight is 284 g/mol. The van der Waals surface area contributed by atoms with Crippen molar-refractivity contribution < 1.29 is 14.3 Å². The number of ether oxygens (including phenoxy) is 2. The van der Waals surface area contributed by atoms with E-state index >= 15 is 0 Å². The molecule has 2 rings (SSSR count). The first-order valence-electron chi connectivity index (χ1n) is 7.12. The van der Waals surface area contributed by atoms with Gasteiger partial charge in [0.05, 0.1) is 12.2 Å². The van der Waals surface area contributed by atoms with Gasteiger partial charge in [-0.25, -0.2) is 4.79 Å². The normalized spacial score (nSPS) is 10.2. The van der Waals surface area contributed by atoms with Gasteiger partial charge in [0, 0.05) is 0 Å². The maximum absolute atomic E-state index is 12.1. The Morgan fingerprint density at radius 2 is 1.62 bits per heavy atom. The van der Waals surface area contributed by atoms with Crippen LogP contribution < -0.4 is 9.47 Å². The van der Waals surface area contributed by atoms with E-state index in [0.29, 0.717) is 17.9 Å². The maximum atomic E-state index is 12.1. The number of carbonyl (C=O) groups excluding carboxylic acids is 1. The zero-order valence-electron chi connectivity index (χ0n) is 12.7. The summed E-state index contributed by atoms with van der Waals surface area (Å²) in [6.07, 6.45) is 0.955. The van der Waals surface area contributed by atoms with Gasteiger partial charge in [-0.2, -0.15) is 0 Å². The molecule has 3 nitrogen and oxygen atoms in total. The van der Waals surface area contributed by atoms with Crippen molar-refractivity contribution in [1.82, 2.24) is 0 Å². The second-order valence-electron chi connectivity index (χ2n) is 5.01. The van der Waals surface area contributed by atoms with E-state index in [2.05, 4.69) is 6.92 Å². The zero-order chi connectivity index (χ0) is 15.2. The third-order valence-corrected chi connectivity index (χ3v) is 3.25. The van der Waals surface area contributed by atoms with Crippen LogP contribution in [0.1, 0.15) is 34.8 Å². The van der Waals surface area contributed by atoms with Crippen LogP contribution in [0.3, 0.4) is 0 Å². The number of rotatable bonds is 5. The predicted octanol–water partition coefficient (Wildman–Crippen LogP) is 4.31. The molecule has 0 saturated heterocycles. The van der Waals surface area contributed by atoms with Gasteiger partial charge in [-0.1, -0.05) is 13.0 Å². The first kappa shape index (κ1) is 15.1. The molecule has 3 heteroatoms. The third kappa shape index (κ3) is 4.09. The number of hydrogen-bond donors (Lipinski definition) is 0. The smallest absolute Gasteiger partial charge is 0.343 e. The number of esters is 1. The highest BCUT2D eigenvalue weighted by Crippen LogP contribution is 2.19. The summed E-state index contributed by atoms with van der Waals surface area (Å²) in [7, 11) is 0. The molecular weight excluding hydrogens is 264 g/mol. The van der Waals surface area contributed by atoms with Gasteiger partial charge in [0.2, 0.25) is 0 Å². The minimum Gasteiger partial charge on any atom is -0.494 e. The predicted molar refractivity (Wildman–Crippen MR) is 83.1 cm³/mol. The second-order valence-corrected chi connectivity index (χ2v) is 5.01. The van der Waals surface area contributed by atoms with Crippen LogP contribution >= 0.6 is 0 Å². The van der Waals surface area contributed by atoms with Crippen LogP contribution in [0.15, 0.2) is 42.5 Å². The highest BCUT2D eigenvalue weighted by Gasteiger charge is 2.09. The third-order valence-electron chi connectivity index (χ3n) is 3.25. The number of carbonyl (C=O) groups is 1. The van der Waals surface area contributed by atoms with E-state index < -0.39 is 0 Å². The van der Waals surface area contributed by atoms with E-state index in [-0.39, 0.29) is 5.97 Å².